The Labute approximate surface area is 140 Å². The molecule has 132 valence electrons. The van der Waals surface area contributed by atoms with Gasteiger partial charge in [0.1, 0.15) is 0 Å². The summed E-state index contributed by atoms with van der Waals surface area (Å²) >= 11 is 0. The molecule has 1 saturated heterocycles. The van der Waals surface area contributed by atoms with Gasteiger partial charge >= 0.3 is 5.97 Å². The quantitative estimate of drug-likeness (QED) is 0.715. The second-order valence-corrected chi connectivity index (χ2v) is 8.12. The number of hydrogen-bond donors (Lipinski definition) is 1. The van der Waals surface area contributed by atoms with Crippen LogP contribution in [-0.4, -0.2) is 66.7 Å². The van der Waals surface area contributed by atoms with Crippen molar-refractivity contribution in [2.24, 2.45) is 5.92 Å². The molecule has 0 amide bonds. The standard InChI is InChI=1S/C14H28N2O4S.ClH/c1-4-12(3)10-15(11-14(17)18)13-6-8-16(9-7-13)21(19,20)5-2;/h12-13H,4-11H2,1-3H3,(H,17,18);1H. The van der Waals surface area contributed by atoms with Crippen molar-refractivity contribution in [3.05, 3.63) is 0 Å². The highest BCUT2D eigenvalue weighted by molar-refractivity contribution is 7.89. The largest absolute Gasteiger partial charge is 0.480 e. The van der Waals surface area contributed by atoms with Crippen LogP contribution < -0.4 is 0 Å². The number of rotatable bonds is 8. The van der Waals surface area contributed by atoms with Crippen LogP contribution in [0.3, 0.4) is 0 Å². The summed E-state index contributed by atoms with van der Waals surface area (Å²) in [4.78, 5) is 13.1. The van der Waals surface area contributed by atoms with E-state index in [-0.39, 0.29) is 30.7 Å². The first-order valence-corrected chi connectivity index (χ1v) is 9.34. The van der Waals surface area contributed by atoms with Gasteiger partial charge in [-0.1, -0.05) is 20.3 Å². The highest BCUT2D eigenvalue weighted by Gasteiger charge is 2.30. The Hall–Kier alpha value is -0.370. The number of carboxylic acid groups (broad SMARTS) is 1. The first-order valence-electron chi connectivity index (χ1n) is 7.73. The van der Waals surface area contributed by atoms with E-state index in [1.807, 2.05) is 4.90 Å². The molecule has 0 spiro atoms. The summed E-state index contributed by atoms with van der Waals surface area (Å²) in [5.74, 6) is -0.243. The number of nitrogens with zero attached hydrogens (tertiary/aromatic N) is 2. The maximum absolute atomic E-state index is 11.9. The lowest BCUT2D eigenvalue weighted by atomic mass is 10.0. The summed E-state index contributed by atoms with van der Waals surface area (Å²) in [7, 11) is -3.12. The minimum absolute atomic E-state index is 0. The molecule has 6 nitrogen and oxygen atoms in total. The van der Waals surface area contributed by atoms with Crippen LogP contribution in [0.4, 0.5) is 0 Å². The molecule has 1 aliphatic rings. The molecule has 0 saturated carbocycles. The normalized spacial score (nSPS) is 18.9. The molecule has 0 radical (unpaired) electrons. The van der Waals surface area contributed by atoms with E-state index in [1.54, 1.807) is 6.92 Å². The van der Waals surface area contributed by atoms with Gasteiger partial charge in [0.2, 0.25) is 10.0 Å². The van der Waals surface area contributed by atoms with Crippen molar-refractivity contribution in [1.29, 1.82) is 0 Å². The molecule has 0 aromatic heterocycles. The van der Waals surface area contributed by atoms with Gasteiger partial charge in [0, 0.05) is 25.7 Å². The topological polar surface area (TPSA) is 77.9 Å². The molecule has 0 aromatic carbocycles. The average molecular weight is 357 g/mol. The second kappa shape index (κ2) is 9.70. The van der Waals surface area contributed by atoms with Crippen LogP contribution in [0.25, 0.3) is 0 Å². The van der Waals surface area contributed by atoms with Crippen molar-refractivity contribution >= 4 is 28.4 Å². The fourth-order valence-electron chi connectivity index (χ4n) is 2.71. The van der Waals surface area contributed by atoms with Gasteiger partial charge in [-0.15, -0.1) is 12.4 Å². The number of carbonyl (C=O) groups is 1. The predicted molar refractivity (Wildman–Crippen MR) is 90.0 cm³/mol. The van der Waals surface area contributed by atoms with Crippen LogP contribution in [-0.2, 0) is 14.8 Å². The number of sulfonamides is 1. The van der Waals surface area contributed by atoms with E-state index in [0.717, 1.165) is 13.0 Å². The number of hydrogen-bond acceptors (Lipinski definition) is 4. The van der Waals surface area contributed by atoms with Crippen LogP contribution in [0, 0.1) is 5.92 Å². The van der Waals surface area contributed by atoms with Gasteiger partial charge in [-0.05, 0) is 25.7 Å². The summed E-state index contributed by atoms with van der Waals surface area (Å²) in [5, 5.41) is 9.07. The monoisotopic (exact) mass is 356 g/mol. The van der Waals surface area contributed by atoms with Crippen molar-refractivity contribution in [2.75, 3.05) is 31.9 Å². The predicted octanol–water partition coefficient (Wildman–Crippen LogP) is 1.66. The Kier molecular flexibility index (Phi) is 9.54. The lowest BCUT2D eigenvalue weighted by Crippen LogP contribution is -2.49. The first kappa shape index (κ1) is 21.6. The number of aliphatic carboxylic acids is 1. The molecule has 1 heterocycles. The highest BCUT2D eigenvalue weighted by atomic mass is 35.5. The van der Waals surface area contributed by atoms with Crippen molar-refractivity contribution in [2.45, 2.75) is 46.1 Å². The van der Waals surface area contributed by atoms with Gasteiger partial charge in [-0.2, -0.15) is 0 Å². The maximum Gasteiger partial charge on any atom is 0.317 e. The number of halogens is 1. The molecule has 8 heteroatoms. The Bertz CT molecular complexity index is 436. The van der Waals surface area contributed by atoms with Crippen LogP contribution >= 0.6 is 12.4 Å². The van der Waals surface area contributed by atoms with Gasteiger partial charge in [0.25, 0.3) is 0 Å². The van der Waals surface area contributed by atoms with Crippen molar-refractivity contribution in [3.63, 3.8) is 0 Å². The Morgan fingerprint density at radius 1 is 1.32 bits per heavy atom. The minimum atomic E-state index is -3.12. The zero-order valence-electron chi connectivity index (χ0n) is 13.7. The van der Waals surface area contributed by atoms with Gasteiger partial charge in [0.15, 0.2) is 0 Å². The van der Waals surface area contributed by atoms with Crippen molar-refractivity contribution < 1.29 is 18.3 Å². The lowest BCUT2D eigenvalue weighted by Gasteiger charge is -2.38. The number of piperidine rings is 1. The highest BCUT2D eigenvalue weighted by Crippen LogP contribution is 2.20. The summed E-state index contributed by atoms with van der Waals surface area (Å²) in [5.41, 5.74) is 0. The molecule has 1 rings (SSSR count). The molecule has 1 aliphatic heterocycles. The van der Waals surface area contributed by atoms with E-state index in [4.69, 9.17) is 5.11 Å². The zero-order chi connectivity index (χ0) is 16.0. The maximum atomic E-state index is 11.9. The van der Waals surface area contributed by atoms with Crippen LogP contribution in [0.1, 0.15) is 40.0 Å². The van der Waals surface area contributed by atoms with Gasteiger partial charge in [-0.3, -0.25) is 9.69 Å². The van der Waals surface area contributed by atoms with Gasteiger partial charge in [0.05, 0.1) is 12.3 Å². The Morgan fingerprint density at radius 2 is 1.86 bits per heavy atom. The first-order chi connectivity index (χ1) is 9.80. The molecule has 0 bridgehead atoms. The van der Waals surface area contributed by atoms with Crippen molar-refractivity contribution in [1.82, 2.24) is 9.21 Å². The molecule has 1 unspecified atom stereocenters. The smallest absolute Gasteiger partial charge is 0.317 e. The SMILES string of the molecule is CCC(C)CN(CC(=O)O)C1CCN(S(=O)(=O)CC)CC1.Cl. The third-order valence-corrected chi connectivity index (χ3v) is 6.16. The molecule has 1 N–H and O–H groups in total. The van der Waals surface area contributed by atoms with E-state index in [2.05, 4.69) is 13.8 Å². The summed E-state index contributed by atoms with van der Waals surface area (Å²) in [6, 6.07) is 0.165. The lowest BCUT2D eigenvalue weighted by molar-refractivity contribution is -0.139. The van der Waals surface area contributed by atoms with Gasteiger partial charge < -0.3 is 5.11 Å². The van der Waals surface area contributed by atoms with E-state index in [0.29, 0.717) is 31.8 Å². The van der Waals surface area contributed by atoms with E-state index >= 15 is 0 Å². The summed E-state index contributed by atoms with van der Waals surface area (Å²) in [6.45, 7) is 7.66. The van der Waals surface area contributed by atoms with E-state index in [1.165, 1.54) is 4.31 Å². The average Bonchev–Trinajstić information content (AvgIpc) is 2.46. The van der Waals surface area contributed by atoms with Crippen LogP contribution in [0.2, 0.25) is 0 Å². The summed E-state index contributed by atoms with van der Waals surface area (Å²) < 4.78 is 25.2. The fourth-order valence-corrected chi connectivity index (χ4v) is 3.85. The molecule has 22 heavy (non-hydrogen) atoms. The fraction of sp³-hybridized carbons (Fsp3) is 0.929. The summed E-state index contributed by atoms with van der Waals surface area (Å²) in [6.07, 6.45) is 2.44. The van der Waals surface area contributed by atoms with Crippen molar-refractivity contribution in [3.8, 4) is 0 Å². The molecule has 0 aliphatic carbocycles. The zero-order valence-corrected chi connectivity index (χ0v) is 15.3. The Balaban J connectivity index is 0.00000441. The third kappa shape index (κ3) is 6.40. The van der Waals surface area contributed by atoms with E-state index in [9.17, 15) is 13.2 Å². The second-order valence-electron chi connectivity index (χ2n) is 5.87. The molecule has 1 fully saturated rings. The minimum Gasteiger partial charge on any atom is -0.480 e. The molecular weight excluding hydrogens is 328 g/mol. The van der Waals surface area contributed by atoms with Crippen LogP contribution in [0.15, 0.2) is 0 Å². The number of carboxylic acids is 1. The molecular formula is C14H29ClN2O4S. The van der Waals surface area contributed by atoms with Gasteiger partial charge in [-0.25, -0.2) is 12.7 Å². The van der Waals surface area contributed by atoms with E-state index < -0.39 is 16.0 Å². The van der Waals surface area contributed by atoms with Crippen LogP contribution in [0.5, 0.6) is 0 Å². The molecule has 1 atom stereocenters. The third-order valence-electron chi connectivity index (χ3n) is 4.28. The Morgan fingerprint density at radius 3 is 2.27 bits per heavy atom. The molecule has 0 aromatic rings.